The van der Waals surface area contributed by atoms with E-state index in [0.717, 1.165) is 16.7 Å². The molecule has 4 nitrogen and oxygen atoms in total. The van der Waals surface area contributed by atoms with E-state index in [9.17, 15) is 14.5 Å². The first-order valence-electron chi connectivity index (χ1n) is 6.03. The lowest BCUT2D eigenvalue weighted by atomic mass is 10.2. The van der Waals surface area contributed by atoms with Gasteiger partial charge < -0.3 is 5.32 Å². The molecule has 0 fully saturated rings. The van der Waals surface area contributed by atoms with Gasteiger partial charge in [-0.3, -0.25) is 10.1 Å². The number of benzene rings is 2. The highest BCUT2D eigenvalue weighted by molar-refractivity contribution is 7.99. The Morgan fingerprint density at radius 3 is 2.60 bits per heavy atom. The number of para-hydroxylation sites is 1. The number of nitrogens with one attached hydrogen (secondary N) is 1. The van der Waals surface area contributed by atoms with Crippen LogP contribution in [-0.4, -0.2) is 17.2 Å². The highest BCUT2D eigenvalue weighted by atomic mass is 32.2. The topological polar surface area (TPSA) is 55.2 Å². The lowest BCUT2D eigenvalue weighted by Crippen LogP contribution is -2.07. The van der Waals surface area contributed by atoms with Gasteiger partial charge in [-0.1, -0.05) is 24.3 Å². The summed E-state index contributed by atoms with van der Waals surface area (Å²) in [4.78, 5) is 11.2. The summed E-state index contributed by atoms with van der Waals surface area (Å²) in [5.41, 5.74) is -0.291. The van der Waals surface area contributed by atoms with E-state index < -0.39 is 16.4 Å². The van der Waals surface area contributed by atoms with E-state index in [2.05, 4.69) is 5.32 Å². The van der Waals surface area contributed by atoms with E-state index in [1.807, 2.05) is 30.3 Å². The molecular weight excluding hydrogens is 279 g/mol. The number of nitro groups is 1. The van der Waals surface area contributed by atoms with Gasteiger partial charge in [-0.2, -0.15) is 4.39 Å². The monoisotopic (exact) mass is 292 g/mol. The van der Waals surface area contributed by atoms with Crippen LogP contribution in [-0.2, 0) is 0 Å². The molecular formula is C14H13FN2O2S. The van der Waals surface area contributed by atoms with Crippen LogP contribution in [0.25, 0.3) is 0 Å². The zero-order chi connectivity index (χ0) is 14.4. The largest absolute Gasteiger partial charge is 0.379 e. The molecule has 0 bridgehead atoms. The molecule has 0 amide bonds. The van der Waals surface area contributed by atoms with Gasteiger partial charge in [-0.15, -0.1) is 11.8 Å². The van der Waals surface area contributed by atoms with Crippen molar-refractivity contribution in [1.82, 2.24) is 0 Å². The summed E-state index contributed by atoms with van der Waals surface area (Å²) in [6.45, 7) is 0.518. The minimum atomic E-state index is -0.823. The van der Waals surface area contributed by atoms with Gasteiger partial charge >= 0.3 is 5.69 Å². The van der Waals surface area contributed by atoms with Crippen molar-refractivity contribution in [2.45, 2.75) is 4.90 Å². The maximum absolute atomic E-state index is 13.4. The number of thioether (sulfide) groups is 1. The molecule has 0 unspecified atom stereocenters. The average Bonchev–Trinajstić information content (AvgIpc) is 2.44. The van der Waals surface area contributed by atoms with Crippen LogP contribution < -0.4 is 5.32 Å². The maximum atomic E-state index is 13.4. The molecule has 0 aromatic heterocycles. The van der Waals surface area contributed by atoms with Gasteiger partial charge in [0.25, 0.3) is 0 Å². The van der Waals surface area contributed by atoms with E-state index in [0.29, 0.717) is 6.54 Å². The van der Waals surface area contributed by atoms with E-state index in [1.54, 1.807) is 11.8 Å². The Labute approximate surface area is 120 Å². The Morgan fingerprint density at radius 2 is 1.90 bits per heavy atom. The third kappa shape index (κ3) is 3.71. The third-order valence-electron chi connectivity index (χ3n) is 2.60. The second-order valence-electron chi connectivity index (χ2n) is 3.98. The van der Waals surface area contributed by atoms with Crippen LogP contribution in [0.2, 0.25) is 0 Å². The number of nitrogens with zero attached hydrogens (tertiary/aromatic N) is 1. The number of hydrogen-bond donors (Lipinski definition) is 1. The van der Waals surface area contributed by atoms with Gasteiger partial charge in [0.2, 0.25) is 5.82 Å². The Hall–Kier alpha value is -2.08. The van der Waals surface area contributed by atoms with Crippen LogP contribution in [0.15, 0.2) is 53.4 Å². The molecule has 2 rings (SSSR count). The molecule has 0 atom stereocenters. The Balaban J connectivity index is 1.92. The van der Waals surface area contributed by atoms with Gasteiger partial charge in [0.15, 0.2) is 0 Å². The van der Waals surface area contributed by atoms with Crippen molar-refractivity contribution < 1.29 is 9.31 Å². The standard InChI is InChI=1S/C14H13FN2O2S/c15-12-7-4-8-13(14(12)17(18)19)16-9-10-20-11-5-2-1-3-6-11/h1-8,16H,9-10H2. The van der Waals surface area contributed by atoms with Gasteiger partial charge in [0.05, 0.1) is 4.92 Å². The van der Waals surface area contributed by atoms with Crippen molar-refractivity contribution in [3.05, 3.63) is 64.5 Å². The highest BCUT2D eigenvalue weighted by Gasteiger charge is 2.19. The fraction of sp³-hybridized carbons (Fsp3) is 0.143. The minimum absolute atomic E-state index is 0.212. The van der Waals surface area contributed by atoms with E-state index in [-0.39, 0.29) is 5.69 Å². The SMILES string of the molecule is O=[N+]([O-])c1c(F)cccc1NCCSc1ccccc1. The lowest BCUT2D eigenvalue weighted by molar-refractivity contribution is -0.386. The van der Waals surface area contributed by atoms with Crippen LogP contribution in [0.3, 0.4) is 0 Å². The number of anilines is 1. The number of hydrogen-bond acceptors (Lipinski definition) is 4. The van der Waals surface area contributed by atoms with E-state index >= 15 is 0 Å². The van der Waals surface area contributed by atoms with Crippen LogP contribution in [0.4, 0.5) is 15.8 Å². The molecule has 0 radical (unpaired) electrons. The molecule has 0 spiro atoms. The van der Waals surface area contributed by atoms with Crippen LogP contribution >= 0.6 is 11.8 Å². The summed E-state index contributed by atoms with van der Waals surface area (Å²) in [7, 11) is 0. The predicted octanol–water partition coefficient (Wildman–Crippen LogP) is 3.94. The van der Waals surface area contributed by atoms with Crippen molar-refractivity contribution in [1.29, 1.82) is 0 Å². The summed E-state index contributed by atoms with van der Waals surface area (Å²) in [5.74, 6) is -0.0896. The predicted molar refractivity (Wildman–Crippen MR) is 78.7 cm³/mol. The van der Waals surface area contributed by atoms with Gasteiger partial charge in [-0.25, -0.2) is 0 Å². The van der Waals surface area contributed by atoms with Gasteiger partial charge in [0.1, 0.15) is 5.69 Å². The van der Waals surface area contributed by atoms with Crippen LogP contribution in [0, 0.1) is 15.9 Å². The number of halogens is 1. The summed E-state index contributed by atoms with van der Waals surface area (Å²) < 4.78 is 13.4. The number of rotatable bonds is 6. The van der Waals surface area contributed by atoms with Crippen molar-refractivity contribution in [2.24, 2.45) is 0 Å². The Morgan fingerprint density at radius 1 is 1.15 bits per heavy atom. The molecule has 0 aliphatic carbocycles. The minimum Gasteiger partial charge on any atom is -0.379 e. The second-order valence-corrected chi connectivity index (χ2v) is 5.15. The molecule has 0 aliphatic rings. The van der Waals surface area contributed by atoms with E-state index in [1.165, 1.54) is 12.1 Å². The zero-order valence-electron chi connectivity index (χ0n) is 10.6. The average molecular weight is 292 g/mol. The van der Waals surface area contributed by atoms with Gasteiger partial charge in [-0.05, 0) is 24.3 Å². The smallest absolute Gasteiger partial charge is 0.327 e. The van der Waals surface area contributed by atoms with Crippen molar-refractivity contribution >= 4 is 23.1 Å². The van der Waals surface area contributed by atoms with Crippen molar-refractivity contribution in [3.63, 3.8) is 0 Å². The molecule has 104 valence electrons. The summed E-state index contributed by atoms with van der Waals surface area (Å²) in [5, 5.41) is 13.7. The molecule has 0 heterocycles. The van der Waals surface area contributed by atoms with Crippen molar-refractivity contribution in [2.75, 3.05) is 17.6 Å². The second kappa shape index (κ2) is 6.91. The van der Waals surface area contributed by atoms with Gasteiger partial charge in [0, 0.05) is 17.2 Å². The first kappa shape index (κ1) is 14.3. The maximum Gasteiger partial charge on any atom is 0.327 e. The first-order valence-corrected chi connectivity index (χ1v) is 7.01. The molecule has 2 aromatic carbocycles. The fourth-order valence-corrected chi connectivity index (χ4v) is 2.50. The fourth-order valence-electron chi connectivity index (χ4n) is 1.71. The zero-order valence-corrected chi connectivity index (χ0v) is 11.4. The Kier molecular flexibility index (Phi) is 4.95. The summed E-state index contributed by atoms with van der Waals surface area (Å²) in [6.07, 6.45) is 0. The summed E-state index contributed by atoms with van der Waals surface area (Å²) >= 11 is 1.63. The normalized spacial score (nSPS) is 10.2. The van der Waals surface area contributed by atoms with Crippen molar-refractivity contribution in [3.8, 4) is 0 Å². The first-order chi connectivity index (χ1) is 9.68. The number of nitro benzene ring substituents is 1. The highest BCUT2D eigenvalue weighted by Crippen LogP contribution is 2.27. The quantitative estimate of drug-likeness (QED) is 0.379. The molecule has 0 aliphatic heterocycles. The van der Waals surface area contributed by atoms with Crippen LogP contribution in [0.1, 0.15) is 0 Å². The molecule has 0 saturated carbocycles. The molecule has 1 N–H and O–H groups in total. The lowest BCUT2D eigenvalue weighted by Gasteiger charge is -2.07. The molecule has 0 saturated heterocycles. The molecule has 6 heteroatoms. The molecule has 2 aromatic rings. The third-order valence-corrected chi connectivity index (χ3v) is 3.61. The Bertz CT molecular complexity index is 593. The molecule has 20 heavy (non-hydrogen) atoms. The van der Waals surface area contributed by atoms with E-state index in [4.69, 9.17) is 0 Å². The summed E-state index contributed by atoms with van der Waals surface area (Å²) in [6, 6.07) is 13.9. The van der Waals surface area contributed by atoms with Crippen LogP contribution in [0.5, 0.6) is 0 Å².